The average Bonchev–Trinajstić information content (AvgIpc) is 1.76. The third-order valence-electron chi connectivity index (χ3n) is 24.0. The summed E-state index contributed by atoms with van der Waals surface area (Å²) in [6.45, 7) is 6.51. The third kappa shape index (κ3) is 22.2. The van der Waals surface area contributed by atoms with Crippen molar-refractivity contribution in [3.63, 3.8) is 0 Å². The zero-order valence-electron chi connectivity index (χ0n) is 63.6. The summed E-state index contributed by atoms with van der Waals surface area (Å²) in [7, 11) is 11.6. The third-order valence-corrected chi connectivity index (χ3v) is 24.5. The molecule has 103 heavy (non-hydrogen) atoms. The van der Waals surface area contributed by atoms with Crippen LogP contribution < -0.4 is 16.0 Å². The van der Waals surface area contributed by atoms with Crippen LogP contribution in [-0.2, 0) is 57.5 Å². The Bertz CT molecular complexity index is 2970. The summed E-state index contributed by atoms with van der Waals surface area (Å²) in [4.78, 5) is 192. The number of likely N-dealkylation sites (N-methyl/N-ethyl adjacent to an activating group) is 8. The van der Waals surface area contributed by atoms with Crippen molar-refractivity contribution >= 4 is 82.5 Å². The summed E-state index contributed by atoms with van der Waals surface area (Å²) >= 11 is 6.44. The molecule has 5 aliphatic carbocycles. The minimum absolute atomic E-state index is 0.00303. The highest BCUT2D eigenvalue weighted by Gasteiger charge is 2.52. The van der Waals surface area contributed by atoms with Gasteiger partial charge >= 0.3 is 6.18 Å². The molecule has 2 saturated heterocycles. The van der Waals surface area contributed by atoms with Crippen LogP contribution in [0.15, 0.2) is 0 Å². The van der Waals surface area contributed by atoms with Crippen LogP contribution in [0.25, 0.3) is 0 Å². The van der Waals surface area contributed by atoms with Crippen molar-refractivity contribution in [3.8, 4) is 0 Å². The Morgan fingerprint density at radius 2 is 1.10 bits per heavy atom. The fourth-order valence-corrected chi connectivity index (χ4v) is 17.4. The molecule has 0 radical (unpaired) electrons. The lowest BCUT2D eigenvalue weighted by Gasteiger charge is -2.43. The normalized spacial score (nSPS) is 29.8. The molecule has 3 unspecified atom stereocenters. The van der Waals surface area contributed by atoms with E-state index in [1.54, 1.807) is 18.9 Å². The van der Waals surface area contributed by atoms with Gasteiger partial charge in [0.2, 0.25) is 70.9 Å². The molecule has 0 aromatic heterocycles. The van der Waals surface area contributed by atoms with Crippen molar-refractivity contribution in [1.82, 2.24) is 60.0 Å². The summed E-state index contributed by atoms with van der Waals surface area (Å²) in [6, 6.07) is -8.62. The van der Waals surface area contributed by atoms with Crippen molar-refractivity contribution in [2.75, 3.05) is 89.1 Å². The highest BCUT2D eigenvalue weighted by molar-refractivity contribution is 6.21. The van der Waals surface area contributed by atoms with E-state index in [1.165, 1.54) is 78.7 Å². The Morgan fingerprint density at radius 1 is 0.544 bits per heavy atom. The molecule has 1 spiro atoms. The van der Waals surface area contributed by atoms with Gasteiger partial charge in [0.15, 0.2) is 0 Å². The van der Waals surface area contributed by atoms with Crippen LogP contribution in [-0.4, -0.2) is 263 Å². The predicted molar refractivity (Wildman–Crippen MR) is 384 cm³/mol. The van der Waals surface area contributed by atoms with Gasteiger partial charge in [-0.1, -0.05) is 111 Å². The molecule has 3 N–H and O–H groups in total. The lowest BCUT2D eigenvalue weighted by molar-refractivity contribution is -0.182. The Balaban J connectivity index is 1.29. The second-order valence-electron chi connectivity index (χ2n) is 32.2. The van der Waals surface area contributed by atoms with Gasteiger partial charge in [-0.3, -0.25) is 57.5 Å². The molecular weight excluding hydrogens is 1350 g/mol. The monoisotopic (exact) mass is 1470 g/mol. The van der Waals surface area contributed by atoms with Crippen LogP contribution in [0, 0.1) is 41.4 Å². The molecule has 12 amide bonds. The lowest BCUT2D eigenvalue weighted by Crippen LogP contribution is -2.65. The Morgan fingerprint density at radius 3 is 1.68 bits per heavy atom. The van der Waals surface area contributed by atoms with E-state index in [0.717, 1.165) is 80.4 Å². The zero-order valence-corrected chi connectivity index (χ0v) is 64.4. The van der Waals surface area contributed by atoms with E-state index < -0.39 is 174 Å². The van der Waals surface area contributed by atoms with E-state index in [2.05, 4.69) is 16.0 Å². The molecule has 7 fully saturated rings. The number of amides is 12. The summed E-state index contributed by atoms with van der Waals surface area (Å²) in [5, 5.41) is 7.70. The van der Waals surface area contributed by atoms with Gasteiger partial charge in [-0.15, -0.1) is 11.6 Å². The Kier molecular flexibility index (Phi) is 30.8. The highest BCUT2D eigenvalue weighted by atomic mass is 35.5. The van der Waals surface area contributed by atoms with E-state index in [0.29, 0.717) is 58.0 Å². The molecule has 28 heteroatoms. The standard InChI is InChI=1S/C75H122ClF3N12O12/c1-13-48(4)64-71(101)85(7)45-62(94)83(5)46-63(95)87(9)58(42-49-25-17-14-18-26-49)69(99)84(6)44-60(92)80-55(34-32-50-31-33-53(54(76)40-50)75(77,78)79)68(98)88(10)57(41-51-29-30-51)67(97)82-74(35-21-22-36-74)73(103)90(12)65(52-27-19-15-20-28-52)72(102)89(11)59(70(100)91-37-23-16-24-38-91)43-61(93)86(8)56(39-47(2)3)66(96)81-64/h47-59,64-65H,13-46H2,1-12H3,(H,80,92)(H,81,96)(H,82,97)/t48-,50?,53?,54?,55-,56-,57-,58-,59-,64-,65-/m0/s1. The smallest absolute Gasteiger partial charge is 0.343 e. The average molecular weight is 1480 g/mol. The first-order chi connectivity index (χ1) is 48.6. The lowest BCUT2D eigenvalue weighted by atomic mass is 9.78. The minimum Gasteiger partial charge on any atom is -0.343 e. The number of likely N-dealkylation sites (tertiary alicyclic amines) is 1. The molecule has 0 aromatic carbocycles. The minimum atomic E-state index is -4.51. The van der Waals surface area contributed by atoms with Gasteiger partial charge in [0, 0.05) is 74.8 Å². The van der Waals surface area contributed by atoms with Crippen LogP contribution in [0.5, 0.6) is 0 Å². The van der Waals surface area contributed by atoms with Crippen LogP contribution in [0.2, 0.25) is 0 Å². The van der Waals surface area contributed by atoms with Gasteiger partial charge in [-0.05, 0) is 132 Å². The van der Waals surface area contributed by atoms with Crippen molar-refractivity contribution in [3.05, 3.63) is 0 Å². The molecule has 2 aliphatic heterocycles. The van der Waals surface area contributed by atoms with E-state index in [9.17, 15) is 41.9 Å². The summed E-state index contributed by atoms with van der Waals surface area (Å²) < 4.78 is 42.2. The first-order valence-electron chi connectivity index (χ1n) is 38.6. The fourth-order valence-electron chi connectivity index (χ4n) is 16.8. The first kappa shape index (κ1) is 84.0. The van der Waals surface area contributed by atoms with E-state index in [4.69, 9.17) is 11.6 Å². The maximum absolute atomic E-state index is 15.9. The van der Waals surface area contributed by atoms with Crippen LogP contribution >= 0.6 is 11.6 Å². The molecule has 0 aromatic rings. The van der Waals surface area contributed by atoms with Gasteiger partial charge in [0.25, 0.3) is 0 Å². The molecule has 11 atom stereocenters. The highest BCUT2D eigenvalue weighted by Crippen LogP contribution is 2.44. The van der Waals surface area contributed by atoms with Gasteiger partial charge < -0.3 is 60.0 Å². The van der Waals surface area contributed by atoms with Gasteiger partial charge in [0.1, 0.15) is 47.8 Å². The molecular formula is C75H122ClF3N12O12. The molecule has 24 nitrogen and oxygen atoms in total. The van der Waals surface area contributed by atoms with Gasteiger partial charge in [-0.25, -0.2) is 0 Å². The maximum atomic E-state index is 15.9. The van der Waals surface area contributed by atoms with E-state index >= 15 is 28.8 Å². The SMILES string of the molecule is CC[C@H](C)[C@@H]1NC(=O)[C@H](CC(C)C)N(C)C(=O)C[C@@H](C(=O)N2CCCCC2)N(C)C(=O)[C@H](C2CCCCC2)N(C)C(=O)C2(CCCC2)NC(=O)[C@H](CC2CC2)N(C)C(=O)[C@H](CCC2CCC(C(F)(F)F)C(Cl)C2)NC(=O)CN(C)C(=O)[C@H](CC2CCCCC2)N(C)C(=O)CN(C)C(=O)CN(C)C1=O. The van der Waals surface area contributed by atoms with Gasteiger partial charge in [0.05, 0.1) is 32.0 Å². The number of carbonyl (C=O) groups is 12. The van der Waals surface area contributed by atoms with E-state index in [1.807, 2.05) is 20.8 Å². The number of hydrogen-bond acceptors (Lipinski definition) is 12. The van der Waals surface area contributed by atoms with Crippen molar-refractivity contribution < 1.29 is 70.7 Å². The second kappa shape index (κ2) is 37.8. The topological polar surface area (TPSA) is 270 Å². The Hall–Kier alpha value is -6.28. The van der Waals surface area contributed by atoms with Crippen LogP contribution in [0.4, 0.5) is 13.2 Å². The number of rotatable bonds is 13. The summed E-state index contributed by atoms with van der Waals surface area (Å²) in [5.74, 6) is -10.6. The quantitative estimate of drug-likeness (QED) is 0.156. The van der Waals surface area contributed by atoms with Crippen LogP contribution in [0.1, 0.15) is 214 Å². The summed E-state index contributed by atoms with van der Waals surface area (Å²) in [5.41, 5.74) is -1.57. The fraction of sp³-hybridized carbons (Fsp3) is 0.840. The van der Waals surface area contributed by atoms with Crippen LogP contribution in [0.3, 0.4) is 0 Å². The van der Waals surface area contributed by atoms with Crippen molar-refractivity contribution in [2.24, 2.45) is 41.4 Å². The molecule has 5 saturated carbocycles. The number of alkyl halides is 4. The van der Waals surface area contributed by atoms with Crippen molar-refractivity contribution in [1.29, 1.82) is 0 Å². The summed E-state index contributed by atoms with van der Waals surface area (Å²) in [6.07, 6.45) is 9.04. The van der Waals surface area contributed by atoms with Gasteiger partial charge in [-0.2, -0.15) is 13.2 Å². The molecule has 0 bridgehead atoms. The number of nitrogens with zero attached hydrogens (tertiary/aromatic N) is 9. The number of hydrogen-bond donors (Lipinski definition) is 3. The number of halogens is 4. The molecule has 2 heterocycles. The number of piperidine rings is 1. The Labute approximate surface area is 614 Å². The number of nitrogens with one attached hydrogen (secondary N) is 3. The molecule has 7 rings (SSSR count). The number of carbonyl (C=O) groups excluding carboxylic acids is 12. The largest absolute Gasteiger partial charge is 0.393 e. The molecule has 7 aliphatic rings. The second-order valence-corrected chi connectivity index (χ2v) is 32.8. The molecule has 582 valence electrons. The zero-order chi connectivity index (χ0) is 75.9. The predicted octanol–water partition coefficient (Wildman–Crippen LogP) is 7.12. The van der Waals surface area contributed by atoms with Crippen molar-refractivity contribution in [2.45, 2.75) is 273 Å². The maximum Gasteiger partial charge on any atom is 0.393 e. The first-order valence-corrected chi connectivity index (χ1v) is 39.0. The van der Waals surface area contributed by atoms with E-state index in [-0.39, 0.29) is 87.9 Å².